The number of nitro groups is 1. The van der Waals surface area contributed by atoms with Crippen LogP contribution < -0.4 is 0 Å². The molecule has 0 aliphatic rings. The zero-order valence-electron chi connectivity index (χ0n) is 8.85. The van der Waals surface area contributed by atoms with Crippen LogP contribution in [0.15, 0.2) is 24.3 Å². The van der Waals surface area contributed by atoms with Crippen molar-refractivity contribution in [2.24, 2.45) is 5.92 Å². The van der Waals surface area contributed by atoms with Crippen molar-refractivity contribution in [2.75, 3.05) is 6.54 Å². The van der Waals surface area contributed by atoms with E-state index in [1.165, 1.54) is 0 Å². The highest BCUT2D eigenvalue weighted by Gasteiger charge is 2.15. The van der Waals surface area contributed by atoms with Gasteiger partial charge < -0.3 is 0 Å². The molecule has 0 amide bonds. The van der Waals surface area contributed by atoms with Gasteiger partial charge in [0.15, 0.2) is 5.78 Å². The molecule has 0 radical (unpaired) electrons. The molecule has 1 rings (SSSR count). The van der Waals surface area contributed by atoms with Crippen molar-refractivity contribution in [3.63, 3.8) is 0 Å². The van der Waals surface area contributed by atoms with Gasteiger partial charge >= 0.3 is 0 Å². The fourth-order valence-electron chi connectivity index (χ4n) is 1.39. The smallest absolute Gasteiger partial charge is 0.206 e. The number of halogens is 1. The van der Waals surface area contributed by atoms with Crippen LogP contribution in [0.2, 0.25) is 5.02 Å². The van der Waals surface area contributed by atoms with Gasteiger partial charge in [-0.05, 0) is 24.3 Å². The highest BCUT2D eigenvalue weighted by molar-refractivity contribution is 6.30. The summed E-state index contributed by atoms with van der Waals surface area (Å²) in [6.07, 6.45) is 0.183. The number of ketones is 1. The van der Waals surface area contributed by atoms with E-state index in [-0.39, 0.29) is 24.7 Å². The SMILES string of the molecule is CC(CC(=O)c1ccc(Cl)cc1)C[N+](=O)[O-]. The maximum absolute atomic E-state index is 11.7. The average molecular weight is 242 g/mol. The van der Waals surface area contributed by atoms with Gasteiger partial charge in [-0.1, -0.05) is 18.5 Å². The predicted octanol–water partition coefficient (Wildman–Crippen LogP) is 2.83. The molecule has 1 aromatic carbocycles. The molecule has 0 heterocycles. The van der Waals surface area contributed by atoms with Crippen LogP contribution in [0.4, 0.5) is 0 Å². The molecular formula is C11H12ClNO3. The molecule has 0 spiro atoms. The third-order valence-electron chi connectivity index (χ3n) is 2.16. The van der Waals surface area contributed by atoms with E-state index < -0.39 is 4.92 Å². The molecule has 0 aliphatic carbocycles. The Balaban J connectivity index is 2.58. The lowest BCUT2D eigenvalue weighted by Gasteiger charge is -2.05. The number of carbonyl (C=O) groups excluding carboxylic acids is 1. The summed E-state index contributed by atoms with van der Waals surface area (Å²) in [7, 11) is 0. The van der Waals surface area contributed by atoms with Gasteiger partial charge in [0.25, 0.3) is 0 Å². The summed E-state index contributed by atoms with van der Waals surface area (Å²) in [4.78, 5) is 21.5. The van der Waals surface area contributed by atoms with Crippen LogP contribution >= 0.6 is 11.6 Å². The van der Waals surface area contributed by atoms with Crippen molar-refractivity contribution in [3.8, 4) is 0 Å². The Morgan fingerprint density at radius 1 is 1.44 bits per heavy atom. The first-order valence-electron chi connectivity index (χ1n) is 4.89. The summed E-state index contributed by atoms with van der Waals surface area (Å²) in [6, 6.07) is 6.52. The minimum atomic E-state index is -0.403. The highest BCUT2D eigenvalue weighted by Crippen LogP contribution is 2.13. The number of carbonyl (C=O) groups is 1. The number of hydrogen-bond donors (Lipinski definition) is 0. The van der Waals surface area contributed by atoms with Crippen LogP contribution in [0.5, 0.6) is 0 Å². The summed E-state index contributed by atoms with van der Waals surface area (Å²) >= 11 is 5.69. The van der Waals surface area contributed by atoms with E-state index in [2.05, 4.69) is 0 Å². The molecule has 1 unspecified atom stereocenters. The Bertz CT molecular complexity index is 389. The minimum Gasteiger partial charge on any atom is -0.294 e. The number of benzene rings is 1. The standard InChI is InChI=1S/C11H12ClNO3/c1-8(7-13(15)16)6-11(14)9-2-4-10(12)5-3-9/h2-5,8H,6-7H2,1H3. The first-order valence-corrected chi connectivity index (χ1v) is 5.27. The molecule has 1 atom stereocenters. The zero-order valence-corrected chi connectivity index (χ0v) is 9.61. The molecule has 4 nitrogen and oxygen atoms in total. The highest BCUT2D eigenvalue weighted by atomic mass is 35.5. The Morgan fingerprint density at radius 3 is 2.50 bits per heavy atom. The minimum absolute atomic E-state index is 0.0917. The topological polar surface area (TPSA) is 60.2 Å². The van der Waals surface area contributed by atoms with Gasteiger partial charge in [-0.2, -0.15) is 0 Å². The van der Waals surface area contributed by atoms with Gasteiger partial charge in [0.2, 0.25) is 6.54 Å². The number of Topliss-reactive ketones (excluding diaryl/α,β-unsaturated/α-hetero) is 1. The van der Waals surface area contributed by atoms with Gasteiger partial charge in [0.05, 0.1) is 0 Å². The molecule has 0 saturated carbocycles. The number of hydrogen-bond acceptors (Lipinski definition) is 3. The van der Waals surface area contributed by atoms with Crippen molar-refractivity contribution in [1.29, 1.82) is 0 Å². The lowest BCUT2D eigenvalue weighted by Crippen LogP contribution is -2.15. The van der Waals surface area contributed by atoms with Crippen molar-refractivity contribution in [1.82, 2.24) is 0 Å². The monoisotopic (exact) mass is 241 g/mol. The molecule has 0 aliphatic heterocycles. The van der Waals surface area contributed by atoms with Gasteiger partial charge in [-0.3, -0.25) is 14.9 Å². The molecule has 1 aromatic rings. The third kappa shape index (κ3) is 3.98. The van der Waals surface area contributed by atoms with E-state index in [0.29, 0.717) is 10.6 Å². The second-order valence-electron chi connectivity index (χ2n) is 3.75. The van der Waals surface area contributed by atoms with Crippen molar-refractivity contribution in [2.45, 2.75) is 13.3 Å². The van der Waals surface area contributed by atoms with Crippen LogP contribution in [0.25, 0.3) is 0 Å². The molecule has 0 aromatic heterocycles. The van der Waals surface area contributed by atoms with E-state index in [1.54, 1.807) is 31.2 Å². The quantitative estimate of drug-likeness (QED) is 0.452. The molecule has 5 heteroatoms. The molecule has 86 valence electrons. The summed E-state index contributed by atoms with van der Waals surface area (Å²) in [5.74, 6) is -0.343. The van der Waals surface area contributed by atoms with Crippen molar-refractivity contribution < 1.29 is 9.72 Å². The predicted molar refractivity (Wildman–Crippen MR) is 61.4 cm³/mol. The van der Waals surface area contributed by atoms with Crippen molar-refractivity contribution in [3.05, 3.63) is 45.0 Å². The van der Waals surface area contributed by atoms with Crippen LogP contribution in [-0.4, -0.2) is 17.3 Å². The number of rotatable bonds is 5. The van der Waals surface area contributed by atoms with Crippen molar-refractivity contribution >= 4 is 17.4 Å². The summed E-state index contributed by atoms with van der Waals surface area (Å²) in [5, 5.41) is 10.8. The van der Waals surface area contributed by atoms with E-state index in [1.807, 2.05) is 0 Å². The Labute approximate surface area is 98.4 Å². The molecule has 16 heavy (non-hydrogen) atoms. The van der Waals surface area contributed by atoms with Crippen LogP contribution in [-0.2, 0) is 0 Å². The first kappa shape index (κ1) is 12.6. The fraction of sp³-hybridized carbons (Fsp3) is 0.364. The van der Waals surface area contributed by atoms with E-state index in [4.69, 9.17) is 11.6 Å². The summed E-state index contributed by atoms with van der Waals surface area (Å²) < 4.78 is 0. The normalized spacial score (nSPS) is 12.1. The largest absolute Gasteiger partial charge is 0.294 e. The maximum atomic E-state index is 11.7. The van der Waals surface area contributed by atoms with E-state index >= 15 is 0 Å². The molecule has 0 bridgehead atoms. The molecule has 0 saturated heterocycles. The van der Waals surface area contributed by atoms with Gasteiger partial charge in [0, 0.05) is 27.8 Å². The fourth-order valence-corrected chi connectivity index (χ4v) is 1.52. The van der Waals surface area contributed by atoms with Crippen LogP contribution in [0, 0.1) is 16.0 Å². The maximum Gasteiger partial charge on any atom is 0.206 e. The first-order chi connectivity index (χ1) is 7.49. The van der Waals surface area contributed by atoms with Gasteiger partial charge in [-0.25, -0.2) is 0 Å². The average Bonchev–Trinajstić information content (AvgIpc) is 2.16. The van der Waals surface area contributed by atoms with Gasteiger partial charge in [-0.15, -0.1) is 0 Å². The second-order valence-corrected chi connectivity index (χ2v) is 4.19. The van der Waals surface area contributed by atoms with Crippen LogP contribution in [0.1, 0.15) is 23.7 Å². The summed E-state index contributed by atoms with van der Waals surface area (Å²) in [6.45, 7) is 1.51. The Morgan fingerprint density at radius 2 is 2.00 bits per heavy atom. The van der Waals surface area contributed by atoms with Gasteiger partial charge in [0.1, 0.15) is 0 Å². The molecular weight excluding hydrogens is 230 g/mol. The Hall–Kier alpha value is -1.42. The molecule has 0 N–H and O–H groups in total. The third-order valence-corrected chi connectivity index (χ3v) is 2.41. The van der Waals surface area contributed by atoms with Crippen LogP contribution in [0.3, 0.4) is 0 Å². The second kappa shape index (κ2) is 5.61. The van der Waals surface area contributed by atoms with E-state index in [9.17, 15) is 14.9 Å². The lowest BCUT2D eigenvalue weighted by atomic mass is 10.00. The lowest BCUT2D eigenvalue weighted by molar-refractivity contribution is -0.487. The zero-order chi connectivity index (χ0) is 12.1. The molecule has 0 fully saturated rings. The summed E-state index contributed by atoms with van der Waals surface area (Å²) in [5.41, 5.74) is 0.541. The van der Waals surface area contributed by atoms with E-state index in [0.717, 1.165) is 0 Å². The Kier molecular flexibility index (Phi) is 4.43. The number of nitrogens with zero attached hydrogens (tertiary/aromatic N) is 1.